The summed E-state index contributed by atoms with van der Waals surface area (Å²) in [5.74, 6) is -0.936. The van der Waals surface area contributed by atoms with Crippen LogP contribution in [0, 0.1) is 5.82 Å². The van der Waals surface area contributed by atoms with Crippen LogP contribution in [0.1, 0.15) is 23.1 Å². The maximum atomic E-state index is 13.3. The zero-order chi connectivity index (χ0) is 22.6. The van der Waals surface area contributed by atoms with Gasteiger partial charge < -0.3 is 15.2 Å². The van der Waals surface area contributed by atoms with Crippen LogP contribution in [0.2, 0.25) is 0 Å². The highest BCUT2D eigenvalue weighted by atomic mass is 19.4. The van der Waals surface area contributed by atoms with Crippen LogP contribution >= 0.6 is 0 Å². The topological polar surface area (TPSA) is 87.3 Å². The summed E-state index contributed by atoms with van der Waals surface area (Å²) in [7, 11) is 0. The number of amides is 1. The van der Waals surface area contributed by atoms with Crippen LogP contribution in [0.5, 0.6) is 11.5 Å². The van der Waals surface area contributed by atoms with E-state index in [1.807, 2.05) is 0 Å². The van der Waals surface area contributed by atoms with E-state index >= 15 is 0 Å². The summed E-state index contributed by atoms with van der Waals surface area (Å²) in [6.07, 6.45) is -2.89. The molecule has 0 bridgehead atoms. The maximum Gasteiger partial charge on any atom is 0.433 e. The highest BCUT2D eigenvalue weighted by Crippen LogP contribution is 2.32. The number of ether oxygens (including phenoxy) is 2. The number of nitrogens with zero attached hydrogens (tertiary/aromatic N) is 2. The van der Waals surface area contributed by atoms with Gasteiger partial charge in [0, 0.05) is 17.8 Å². The Morgan fingerprint density at radius 3 is 2.48 bits per heavy atom. The van der Waals surface area contributed by atoms with Gasteiger partial charge in [-0.25, -0.2) is 9.37 Å². The van der Waals surface area contributed by atoms with Crippen molar-refractivity contribution < 1.29 is 31.8 Å². The van der Waals surface area contributed by atoms with Crippen LogP contribution in [-0.4, -0.2) is 28.6 Å². The van der Waals surface area contributed by atoms with Gasteiger partial charge in [0.05, 0.1) is 6.20 Å². The Hall–Kier alpha value is -3.69. The molecule has 2 N–H and O–H groups in total. The van der Waals surface area contributed by atoms with E-state index in [2.05, 4.69) is 9.97 Å². The number of carbonyl (C=O) groups is 1. The molecule has 0 aliphatic carbocycles. The summed E-state index contributed by atoms with van der Waals surface area (Å²) < 4.78 is 62.8. The van der Waals surface area contributed by atoms with Crippen molar-refractivity contribution >= 4 is 5.91 Å². The second kappa shape index (κ2) is 8.99. The zero-order valence-corrected chi connectivity index (χ0v) is 16.2. The molecule has 2 heterocycles. The van der Waals surface area contributed by atoms with Crippen molar-refractivity contribution in [2.24, 2.45) is 5.73 Å². The minimum absolute atomic E-state index is 0.00737. The minimum atomic E-state index is -4.58. The van der Waals surface area contributed by atoms with Gasteiger partial charge in [-0.2, -0.15) is 13.2 Å². The number of aromatic nitrogens is 2. The molecule has 1 unspecified atom stereocenters. The van der Waals surface area contributed by atoms with Gasteiger partial charge in [-0.1, -0.05) is 12.1 Å². The molecule has 6 nitrogen and oxygen atoms in total. The van der Waals surface area contributed by atoms with Gasteiger partial charge in [0.2, 0.25) is 0 Å². The van der Waals surface area contributed by atoms with E-state index in [9.17, 15) is 22.4 Å². The van der Waals surface area contributed by atoms with Crippen molar-refractivity contribution in [3.05, 3.63) is 72.1 Å². The van der Waals surface area contributed by atoms with E-state index < -0.39 is 29.7 Å². The van der Waals surface area contributed by atoms with Crippen LogP contribution in [-0.2, 0) is 6.18 Å². The molecular weight excluding hydrogens is 418 g/mol. The van der Waals surface area contributed by atoms with Crippen LogP contribution in [0.4, 0.5) is 17.6 Å². The molecule has 162 valence electrons. The lowest BCUT2D eigenvalue weighted by atomic mass is 10.0. The van der Waals surface area contributed by atoms with Gasteiger partial charge in [0.25, 0.3) is 5.91 Å². The molecule has 2 aromatic heterocycles. The predicted octanol–water partition coefficient (Wildman–Crippen LogP) is 4.25. The van der Waals surface area contributed by atoms with Gasteiger partial charge >= 0.3 is 6.18 Å². The third-order valence-corrected chi connectivity index (χ3v) is 4.11. The number of rotatable bonds is 7. The summed E-state index contributed by atoms with van der Waals surface area (Å²) in [5.41, 5.74) is 5.21. The number of pyridine rings is 2. The van der Waals surface area contributed by atoms with E-state index in [4.69, 9.17) is 15.2 Å². The van der Waals surface area contributed by atoms with Gasteiger partial charge in [0.1, 0.15) is 41.4 Å². The number of hydrogen-bond donors (Lipinski definition) is 1. The van der Waals surface area contributed by atoms with E-state index in [1.54, 1.807) is 6.92 Å². The van der Waals surface area contributed by atoms with Gasteiger partial charge in [-0.3, -0.25) is 9.78 Å². The molecule has 0 spiro atoms. The lowest BCUT2D eigenvalue weighted by Crippen LogP contribution is -2.22. The number of hydrogen-bond acceptors (Lipinski definition) is 5. The lowest BCUT2D eigenvalue weighted by molar-refractivity contribution is -0.141. The number of benzene rings is 1. The summed E-state index contributed by atoms with van der Waals surface area (Å²) >= 11 is 0. The smallest absolute Gasteiger partial charge is 0.433 e. The van der Waals surface area contributed by atoms with Crippen LogP contribution in [0.25, 0.3) is 11.1 Å². The van der Waals surface area contributed by atoms with Crippen LogP contribution < -0.4 is 15.2 Å². The highest BCUT2D eigenvalue weighted by Gasteiger charge is 2.32. The van der Waals surface area contributed by atoms with Crippen molar-refractivity contribution in [2.45, 2.75) is 19.2 Å². The molecule has 10 heteroatoms. The highest BCUT2D eigenvalue weighted by molar-refractivity contribution is 5.92. The third-order valence-electron chi connectivity index (χ3n) is 4.11. The minimum Gasteiger partial charge on any atom is -0.490 e. The van der Waals surface area contributed by atoms with Crippen molar-refractivity contribution in [3.63, 3.8) is 0 Å². The van der Waals surface area contributed by atoms with Crippen LogP contribution in [0.3, 0.4) is 0 Å². The number of primary amides is 1. The first-order chi connectivity index (χ1) is 14.6. The molecule has 0 saturated carbocycles. The Bertz CT molecular complexity index is 1070. The van der Waals surface area contributed by atoms with E-state index in [0.717, 1.165) is 12.3 Å². The number of halogens is 4. The summed E-state index contributed by atoms with van der Waals surface area (Å²) in [6, 6.07) is 9.00. The number of carbonyl (C=O) groups excluding carboxylic acids is 1. The average Bonchev–Trinajstić information content (AvgIpc) is 2.73. The largest absolute Gasteiger partial charge is 0.490 e. The normalized spacial score (nSPS) is 12.3. The quantitative estimate of drug-likeness (QED) is 0.561. The molecule has 0 aliphatic heterocycles. The van der Waals surface area contributed by atoms with Crippen molar-refractivity contribution in [1.29, 1.82) is 0 Å². The summed E-state index contributed by atoms with van der Waals surface area (Å²) in [5, 5.41) is 0. The molecule has 0 fully saturated rings. The van der Waals surface area contributed by atoms with E-state index in [1.165, 1.54) is 42.6 Å². The van der Waals surface area contributed by atoms with E-state index in [0.29, 0.717) is 11.1 Å². The fourth-order valence-corrected chi connectivity index (χ4v) is 2.65. The predicted molar refractivity (Wildman–Crippen MR) is 103 cm³/mol. The van der Waals surface area contributed by atoms with E-state index in [-0.39, 0.29) is 23.8 Å². The second-order valence-electron chi connectivity index (χ2n) is 6.55. The molecule has 0 saturated heterocycles. The monoisotopic (exact) mass is 435 g/mol. The Morgan fingerprint density at radius 1 is 1.13 bits per heavy atom. The SMILES string of the molecule is CC(COc1ccnc(C(F)(F)F)c1)Oc1cnc(C(N)=O)cc1-c1ccc(F)cc1. The van der Waals surface area contributed by atoms with Crippen LogP contribution in [0.15, 0.2) is 54.9 Å². The Balaban J connectivity index is 1.77. The first-order valence-corrected chi connectivity index (χ1v) is 9.02. The first-order valence-electron chi connectivity index (χ1n) is 9.02. The molecular formula is C21H17F4N3O3. The van der Waals surface area contributed by atoms with Gasteiger partial charge in [-0.15, -0.1) is 0 Å². The second-order valence-corrected chi connectivity index (χ2v) is 6.55. The number of nitrogens with two attached hydrogens (primary N) is 1. The zero-order valence-electron chi connectivity index (χ0n) is 16.2. The first kappa shape index (κ1) is 22.0. The Labute approximate surface area is 174 Å². The maximum absolute atomic E-state index is 13.3. The molecule has 1 amide bonds. The number of alkyl halides is 3. The molecule has 1 aromatic carbocycles. The van der Waals surface area contributed by atoms with Gasteiger partial charge in [-0.05, 0) is 36.8 Å². The lowest BCUT2D eigenvalue weighted by Gasteiger charge is -2.18. The molecule has 3 rings (SSSR count). The Morgan fingerprint density at radius 2 is 1.84 bits per heavy atom. The fourth-order valence-electron chi connectivity index (χ4n) is 2.65. The average molecular weight is 435 g/mol. The third kappa shape index (κ3) is 5.68. The van der Waals surface area contributed by atoms with Crippen molar-refractivity contribution in [3.8, 4) is 22.6 Å². The van der Waals surface area contributed by atoms with Crippen molar-refractivity contribution in [1.82, 2.24) is 9.97 Å². The standard InChI is InChI=1S/C21H17F4N3O3/c1-12(11-30-15-6-7-27-19(8-15)21(23,24)25)31-18-10-28-17(20(26)29)9-16(18)13-2-4-14(22)5-3-13/h2-10,12H,11H2,1H3,(H2,26,29). The fraction of sp³-hybridized carbons (Fsp3) is 0.190. The van der Waals surface area contributed by atoms with Gasteiger partial charge in [0.15, 0.2) is 0 Å². The molecule has 31 heavy (non-hydrogen) atoms. The molecule has 0 radical (unpaired) electrons. The summed E-state index contributed by atoms with van der Waals surface area (Å²) in [4.78, 5) is 18.7. The molecule has 0 aliphatic rings. The molecule has 3 aromatic rings. The molecule has 1 atom stereocenters. The Kier molecular flexibility index (Phi) is 6.38. The summed E-state index contributed by atoms with van der Waals surface area (Å²) in [6.45, 7) is 1.56. The van der Waals surface area contributed by atoms with Crippen molar-refractivity contribution in [2.75, 3.05) is 6.61 Å².